The van der Waals surface area contributed by atoms with Crippen LogP contribution in [0.4, 0.5) is 0 Å². The summed E-state index contributed by atoms with van der Waals surface area (Å²) in [6, 6.07) is 6.01. The highest BCUT2D eigenvalue weighted by Gasteiger charge is 2.41. The van der Waals surface area contributed by atoms with Crippen LogP contribution in [0.3, 0.4) is 0 Å². The Morgan fingerprint density at radius 2 is 1.72 bits per heavy atom. The first-order valence-corrected chi connectivity index (χ1v) is 6.42. The Morgan fingerprint density at radius 3 is 2.22 bits per heavy atom. The molecule has 0 aromatic heterocycles. The van der Waals surface area contributed by atoms with E-state index in [-0.39, 0.29) is 5.54 Å². The van der Waals surface area contributed by atoms with E-state index in [1.165, 1.54) is 0 Å². The first-order chi connectivity index (χ1) is 8.40. The predicted octanol–water partition coefficient (Wildman–Crippen LogP) is 3.07. The van der Waals surface area contributed by atoms with Gasteiger partial charge in [-0.3, -0.25) is 0 Å². The van der Waals surface area contributed by atoms with E-state index in [9.17, 15) is 0 Å². The lowest BCUT2D eigenvalue weighted by atomic mass is 9.84. The SMILES string of the molecule is COc1ccc(C2(N)CCC(C)(C)C2)cc1OC. The van der Waals surface area contributed by atoms with Gasteiger partial charge in [0.2, 0.25) is 0 Å². The maximum atomic E-state index is 6.57. The van der Waals surface area contributed by atoms with Crippen molar-refractivity contribution in [3.05, 3.63) is 23.8 Å². The standard InChI is InChI=1S/C15H23NO2/c1-14(2)7-8-15(16,10-14)11-5-6-12(17-3)13(9-11)18-4/h5-6,9H,7-8,10,16H2,1-4H3. The zero-order valence-electron chi connectivity index (χ0n) is 11.7. The number of hydrogen-bond acceptors (Lipinski definition) is 3. The molecular formula is C15H23NO2. The second kappa shape index (κ2) is 4.47. The Morgan fingerprint density at radius 1 is 1.06 bits per heavy atom. The van der Waals surface area contributed by atoms with Crippen molar-refractivity contribution in [2.75, 3.05) is 14.2 Å². The van der Waals surface area contributed by atoms with E-state index in [0.717, 1.165) is 36.3 Å². The summed E-state index contributed by atoms with van der Waals surface area (Å²) in [6.45, 7) is 4.56. The van der Waals surface area contributed by atoms with Crippen LogP contribution in [0.25, 0.3) is 0 Å². The van der Waals surface area contributed by atoms with E-state index < -0.39 is 0 Å². The predicted molar refractivity (Wildman–Crippen MR) is 73.0 cm³/mol. The molecule has 18 heavy (non-hydrogen) atoms. The molecule has 0 radical (unpaired) electrons. The molecule has 3 nitrogen and oxygen atoms in total. The van der Waals surface area contributed by atoms with Gasteiger partial charge in [0.25, 0.3) is 0 Å². The first kappa shape index (κ1) is 13.2. The summed E-state index contributed by atoms with van der Waals surface area (Å²) in [7, 11) is 3.30. The number of methoxy groups -OCH3 is 2. The topological polar surface area (TPSA) is 44.5 Å². The minimum Gasteiger partial charge on any atom is -0.493 e. The quantitative estimate of drug-likeness (QED) is 0.895. The lowest BCUT2D eigenvalue weighted by Crippen LogP contribution is -2.34. The van der Waals surface area contributed by atoms with Gasteiger partial charge in [0.1, 0.15) is 0 Å². The molecule has 0 aliphatic heterocycles. The molecule has 1 unspecified atom stereocenters. The molecular weight excluding hydrogens is 226 g/mol. The third-order valence-corrected chi connectivity index (χ3v) is 4.00. The number of hydrogen-bond donors (Lipinski definition) is 1. The van der Waals surface area contributed by atoms with E-state index in [1.54, 1.807) is 14.2 Å². The van der Waals surface area contributed by atoms with E-state index in [0.29, 0.717) is 5.41 Å². The highest BCUT2D eigenvalue weighted by atomic mass is 16.5. The van der Waals surface area contributed by atoms with Crippen molar-refractivity contribution < 1.29 is 9.47 Å². The molecule has 0 heterocycles. The maximum absolute atomic E-state index is 6.57. The minimum atomic E-state index is -0.233. The van der Waals surface area contributed by atoms with Gasteiger partial charge >= 0.3 is 0 Å². The molecule has 1 atom stereocenters. The van der Waals surface area contributed by atoms with Crippen molar-refractivity contribution in [3.63, 3.8) is 0 Å². The highest BCUT2D eigenvalue weighted by molar-refractivity contribution is 5.45. The van der Waals surface area contributed by atoms with Crippen LogP contribution in [0, 0.1) is 5.41 Å². The summed E-state index contributed by atoms with van der Waals surface area (Å²) < 4.78 is 10.6. The van der Waals surface area contributed by atoms with Gasteiger partial charge in [0.05, 0.1) is 14.2 Å². The lowest BCUT2D eigenvalue weighted by Gasteiger charge is -2.27. The molecule has 0 spiro atoms. The van der Waals surface area contributed by atoms with Gasteiger partial charge in [-0.2, -0.15) is 0 Å². The zero-order valence-corrected chi connectivity index (χ0v) is 11.7. The molecule has 2 rings (SSSR count). The Kier molecular flexibility index (Phi) is 3.28. The van der Waals surface area contributed by atoms with E-state index in [1.807, 2.05) is 12.1 Å². The number of nitrogens with two attached hydrogens (primary N) is 1. The summed E-state index contributed by atoms with van der Waals surface area (Å²) in [5.41, 5.74) is 7.81. The van der Waals surface area contributed by atoms with Gasteiger partial charge in [-0.25, -0.2) is 0 Å². The molecule has 3 heteroatoms. The monoisotopic (exact) mass is 249 g/mol. The van der Waals surface area contributed by atoms with Crippen molar-refractivity contribution >= 4 is 0 Å². The smallest absolute Gasteiger partial charge is 0.161 e. The molecule has 1 aromatic carbocycles. The van der Waals surface area contributed by atoms with Crippen LogP contribution in [-0.2, 0) is 5.54 Å². The van der Waals surface area contributed by atoms with Crippen molar-refractivity contribution in [1.29, 1.82) is 0 Å². The highest BCUT2D eigenvalue weighted by Crippen LogP contribution is 2.48. The van der Waals surface area contributed by atoms with E-state index >= 15 is 0 Å². The second-order valence-corrected chi connectivity index (χ2v) is 6.07. The van der Waals surface area contributed by atoms with E-state index in [4.69, 9.17) is 15.2 Å². The normalized spacial score (nSPS) is 26.1. The Bertz CT molecular complexity index is 442. The molecule has 0 saturated heterocycles. The van der Waals surface area contributed by atoms with Gasteiger partial charge in [-0.05, 0) is 42.4 Å². The Labute approximate surface area is 109 Å². The van der Waals surface area contributed by atoms with Crippen molar-refractivity contribution in [3.8, 4) is 11.5 Å². The van der Waals surface area contributed by atoms with Crippen molar-refractivity contribution in [2.24, 2.45) is 11.1 Å². The number of ether oxygens (including phenoxy) is 2. The van der Waals surface area contributed by atoms with Crippen LogP contribution in [0.15, 0.2) is 18.2 Å². The summed E-state index contributed by atoms with van der Waals surface area (Å²) in [4.78, 5) is 0. The van der Waals surface area contributed by atoms with Gasteiger partial charge in [0.15, 0.2) is 11.5 Å². The number of rotatable bonds is 3. The lowest BCUT2D eigenvalue weighted by molar-refractivity contribution is 0.334. The third kappa shape index (κ3) is 2.32. The molecule has 1 fully saturated rings. The summed E-state index contributed by atoms with van der Waals surface area (Å²) >= 11 is 0. The van der Waals surface area contributed by atoms with Crippen molar-refractivity contribution in [2.45, 2.75) is 38.6 Å². The average molecular weight is 249 g/mol. The number of benzene rings is 1. The van der Waals surface area contributed by atoms with E-state index in [2.05, 4.69) is 19.9 Å². The molecule has 0 bridgehead atoms. The largest absolute Gasteiger partial charge is 0.493 e. The fraction of sp³-hybridized carbons (Fsp3) is 0.600. The summed E-state index contributed by atoms with van der Waals surface area (Å²) in [6.07, 6.45) is 3.20. The van der Waals surface area contributed by atoms with Gasteiger partial charge in [-0.1, -0.05) is 19.9 Å². The zero-order chi connectivity index (χ0) is 13.4. The Hall–Kier alpha value is -1.22. The van der Waals surface area contributed by atoms with Crippen LogP contribution < -0.4 is 15.2 Å². The fourth-order valence-corrected chi connectivity index (χ4v) is 2.98. The molecule has 100 valence electrons. The molecule has 1 aliphatic rings. The van der Waals surface area contributed by atoms with Crippen LogP contribution in [-0.4, -0.2) is 14.2 Å². The minimum absolute atomic E-state index is 0.233. The van der Waals surface area contributed by atoms with Gasteiger partial charge < -0.3 is 15.2 Å². The fourth-order valence-electron chi connectivity index (χ4n) is 2.98. The second-order valence-electron chi connectivity index (χ2n) is 6.07. The Balaban J connectivity index is 2.34. The van der Waals surface area contributed by atoms with Crippen LogP contribution in [0.5, 0.6) is 11.5 Å². The summed E-state index contributed by atoms with van der Waals surface area (Å²) in [5, 5.41) is 0. The average Bonchev–Trinajstić information content (AvgIpc) is 2.64. The van der Waals surface area contributed by atoms with Crippen LogP contribution in [0.2, 0.25) is 0 Å². The summed E-state index contributed by atoms with van der Waals surface area (Å²) in [5.74, 6) is 1.51. The van der Waals surface area contributed by atoms with Crippen molar-refractivity contribution in [1.82, 2.24) is 0 Å². The molecule has 1 aromatic rings. The molecule has 1 aliphatic carbocycles. The van der Waals surface area contributed by atoms with Gasteiger partial charge in [-0.15, -0.1) is 0 Å². The third-order valence-electron chi connectivity index (χ3n) is 4.00. The van der Waals surface area contributed by atoms with Crippen LogP contribution in [0.1, 0.15) is 38.7 Å². The first-order valence-electron chi connectivity index (χ1n) is 6.42. The molecule has 0 amide bonds. The molecule has 2 N–H and O–H groups in total. The van der Waals surface area contributed by atoms with Gasteiger partial charge in [0, 0.05) is 5.54 Å². The molecule has 1 saturated carbocycles. The van der Waals surface area contributed by atoms with Crippen LogP contribution >= 0.6 is 0 Å². The maximum Gasteiger partial charge on any atom is 0.161 e.